The molecule has 0 atom stereocenters. The minimum atomic E-state index is 0.103. The molecule has 19 heavy (non-hydrogen) atoms. The summed E-state index contributed by atoms with van der Waals surface area (Å²) in [4.78, 5) is 8.06. The Morgan fingerprint density at radius 1 is 1.26 bits per heavy atom. The third-order valence-corrected chi connectivity index (χ3v) is 4.00. The first kappa shape index (κ1) is 16.4. The maximum absolute atomic E-state index is 6.19. The molecule has 0 saturated carbocycles. The van der Waals surface area contributed by atoms with Crippen LogP contribution in [0.3, 0.4) is 0 Å². The number of thiophene rings is 1. The van der Waals surface area contributed by atoms with E-state index >= 15 is 0 Å². The van der Waals surface area contributed by atoms with Crippen LogP contribution in [-0.4, -0.2) is 9.97 Å². The van der Waals surface area contributed by atoms with Crippen molar-refractivity contribution in [3.05, 3.63) is 32.3 Å². The van der Waals surface area contributed by atoms with E-state index in [1.54, 1.807) is 6.08 Å². The molecule has 0 N–H and O–H groups in total. The number of hydrogen-bond donors (Lipinski definition) is 0. The molecule has 0 aromatic carbocycles. The highest BCUT2D eigenvalue weighted by Crippen LogP contribution is 2.22. The Balaban J connectivity index is 0.000000861. The second-order valence-electron chi connectivity index (χ2n) is 3.21. The van der Waals surface area contributed by atoms with E-state index in [0.717, 1.165) is 14.5 Å². The summed E-state index contributed by atoms with van der Waals surface area (Å²) in [5, 5.41) is 1.75. The van der Waals surface area contributed by atoms with Gasteiger partial charge in [-0.25, -0.2) is 9.97 Å². The number of halogens is 3. The highest BCUT2D eigenvalue weighted by atomic mass is 35.5. The van der Waals surface area contributed by atoms with E-state index in [1.807, 2.05) is 26.8 Å². The second kappa shape index (κ2) is 7.25. The summed E-state index contributed by atoms with van der Waals surface area (Å²) >= 11 is 19.4. The first-order valence-corrected chi connectivity index (χ1v) is 7.62. The van der Waals surface area contributed by atoms with Crippen molar-refractivity contribution < 1.29 is 0 Å². The van der Waals surface area contributed by atoms with Gasteiger partial charge in [-0.3, -0.25) is 0 Å². The van der Waals surface area contributed by atoms with E-state index in [2.05, 4.69) is 16.5 Å². The molecule has 0 fully saturated rings. The summed E-state index contributed by atoms with van der Waals surface area (Å²) < 4.78 is 1.54. The Labute approximate surface area is 131 Å². The molecule has 0 saturated heterocycles. The Morgan fingerprint density at radius 2 is 1.89 bits per heavy atom. The molecule has 0 amide bonds. The summed E-state index contributed by atoms with van der Waals surface area (Å²) in [6, 6.07) is 0. The van der Waals surface area contributed by atoms with Gasteiger partial charge in [-0.2, -0.15) is 0 Å². The molecule has 2 aromatic heterocycles. The Hall–Kier alpha value is -0.610. The van der Waals surface area contributed by atoms with Crippen LogP contribution in [0.1, 0.15) is 20.8 Å². The van der Waals surface area contributed by atoms with Gasteiger partial charge in [0.2, 0.25) is 5.28 Å². The van der Waals surface area contributed by atoms with Gasteiger partial charge in [-0.15, -0.1) is 11.3 Å². The average Bonchev–Trinajstić information content (AvgIpc) is 2.69. The van der Waals surface area contributed by atoms with Gasteiger partial charge in [0.15, 0.2) is 5.15 Å². The number of nitrogens with zero attached hydrogens (tertiary/aromatic N) is 2. The maximum atomic E-state index is 6.19. The fourth-order valence-corrected chi connectivity index (χ4v) is 3.25. The van der Waals surface area contributed by atoms with Crippen LogP contribution in [0.5, 0.6) is 0 Å². The molecule has 2 rings (SSSR count). The zero-order valence-corrected chi connectivity index (χ0v) is 13.9. The number of fused-ring (bicyclic) bond motifs is 1. The van der Waals surface area contributed by atoms with Gasteiger partial charge in [0.1, 0.15) is 0 Å². The average molecular weight is 336 g/mol. The Morgan fingerprint density at radius 3 is 2.47 bits per heavy atom. The summed E-state index contributed by atoms with van der Waals surface area (Å²) in [7, 11) is 0. The summed E-state index contributed by atoms with van der Waals surface area (Å²) in [5.41, 5.74) is 0.646. The second-order valence-corrected chi connectivity index (χ2v) is 5.42. The van der Waals surface area contributed by atoms with Crippen molar-refractivity contribution in [2.45, 2.75) is 20.8 Å². The van der Waals surface area contributed by atoms with Gasteiger partial charge >= 0.3 is 0 Å². The smallest absolute Gasteiger partial charge is 0.216 e. The number of allylic oxidation sites excluding steroid dienone is 2. The highest BCUT2D eigenvalue weighted by molar-refractivity contribution is 7.17. The number of hydrogen-bond acceptors (Lipinski definition) is 3. The molecule has 0 spiro atoms. The van der Waals surface area contributed by atoms with Crippen molar-refractivity contribution in [3.8, 4) is 0 Å². The molecule has 2 aromatic rings. The third kappa shape index (κ3) is 3.48. The molecule has 0 bridgehead atoms. The van der Waals surface area contributed by atoms with Crippen LogP contribution in [0.2, 0.25) is 10.4 Å². The number of aromatic nitrogens is 2. The minimum Gasteiger partial charge on any atom is -0.216 e. The molecular formula is C13H13Cl3N2S. The van der Waals surface area contributed by atoms with Crippen molar-refractivity contribution in [2.75, 3.05) is 0 Å². The summed E-state index contributed by atoms with van der Waals surface area (Å²) in [6.45, 7) is 9.83. The van der Waals surface area contributed by atoms with E-state index in [9.17, 15) is 0 Å². The van der Waals surface area contributed by atoms with Crippen LogP contribution in [0.25, 0.3) is 21.8 Å². The molecule has 102 valence electrons. The van der Waals surface area contributed by atoms with E-state index in [4.69, 9.17) is 34.8 Å². The van der Waals surface area contributed by atoms with E-state index < -0.39 is 0 Å². The lowest BCUT2D eigenvalue weighted by atomic mass is 10.3. The zero-order valence-electron chi connectivity index (χ0n) is 10.8. The Bertz CT molecular complexity index is 720. The molecule has 2 heterocycles. The fraction of sp³-hybridized carbons (Fsp3) is 0.231. The summed E-state index contributed by atoms with van der Waals surface area (Å²) in [5.74, 6) is 0. The van der Waals surface area contributed by atoms with E-state index in [-0.39, 0.29) is 5.28 Å². The monoisotopic (exact) mass is 334 g/mol. The molecule has 0 unspecified atom stereocenters. The van der Waals surface area contributed by atoms with Gasteiger partial charge in [-0.1, -0.05) is 49.7 Å². The normalized spacial score (nSPS) is 12.5. The highest BCUT2D eigenvalue weighted by Gasteiger charge is 2.10. The van der Waals surface area contributed by atoms with Gasteiger partial charge < -0.3 is 0 Å². The fourth-order valence-electron chi connectivity index (χ4n) is 1.44. The molecule has 2 nitrogen and oxygen atoms in total. The molecule has 0 aliphatic carbocycles. The van der Waals surface area contributed by atoms with Gasteiger partial charge in [0.25, 0.3) is 0 Å². The van der Waals surface area contributed by atoms with Gasteiger partial charge in [-0.05, 0) is 24.6 Å². The van der Waals surface area contributed by atoms with E-state index in [0.29, 0.717) is 15.7 Å². The van der Waals surface area contributed by atoms with Crippen LogP contribution >= 0.6 is 46.1 Å². The lowest BCUT2D eigenvalue weighted by Gasteiger charge is -1.94. The van der Waals surface area contributed by atoms with Crippen molar-refractivity contribution in [1.29, 1.82) is 0 Å². The molecule has 6 heteroatoms. The third-order valence-electron chi connectivity index (χ3n) is 2.09. The lowest BCUT2D eigenvalue weighted by molar-refractivity contribution is 1.22. The van der Waals surface area contributed by atoms with Crippen LogP contribution in [0.15, 0.2) is 12.2 Å². The quantitative estimate of drug-likeness (QED) is 0.571. The van der Waals surface area contributed by atoms with Crippen molar-refractivity contribution in [1.82, 2.24) is 9.97 Å². The number of rotatable bonds is 1. The van der Waals surface area contributed by atoms with Gasteiger partial charge in [0, 0.05) is 9.75 Å². The molecule has 0 aliphatic heterocycles. The predicted molar refractivity (Wildman–Crippen MR) is 87.6 cm³/mol. The first-order valence-electron chi connectivity index (χ1n) is 5.67. The Kier molecular flexibility index (Phi) is 6.27. The standard InChI is InChI=1S/C11H7Cl3N2S.C2H6/c1-3-4-6(12)7-5(2)17-9-8(7)15-11(14)16-10(9)13;1-2/h3-4H,2H2,1H3;1-2H3/b4-3-,7-6-;. The van der Waals surface area contributed by atoms with Crippen LogP contribution < -0.4 is 9.75 Å². The summed E-state index contributed by atoms with van der Waals surface area (Å²) in [6.07, 6.45) is 3.62. The van der Waals surface area contributed by atoms with Crippen molar-refractivity contribution in [3.63, 3.8) is 0 Å². The van der Waals surface area contributed by atoms with E-state index in [1.165, 1.54) is 11.3 Å². The van der Waals surface area contributed by atoms with Crippen LogP contribution in [0.4, 0.5) is 0 Å². The molecule has 0 aliphatic rings. The molecule has 0 radical (unpaired) electrons. The predicted octanol–water partition coefficient (Wildman–Crippen LogP) is 4.36. The lowest BCUT2D eigenvalue weighted by Crippen LogP contribution is -2.19. The van der Waals surface area contributed by atoms with Crippen molar-refractivity contribution >= 4 is 68.0 Å². The first-order chi connectivity index (χ1) is 9.04. The van der Waals surface area contributed by atoms with Crippen molar-refractivity contribution in [2.24, 2.45) is 0 Å². The minimum absolute atomic E-state index is 0.103. The topological polar surface area (TPSA) is 25.8 Å². The maximum Gasteiger partial charge on any atom is 0.224 e. The SMILES string of the molecule is C=c1sc2c(Cl)nc(Cl)nc2/c1=C(Cl)/C=C\C.CC. The van der Waals surface area contributed by atoms with Gasteiger partial charge in [0.05, 0.1) is 15.2 Å². The largest absolute Gasteiger partial charge is 0.224 e. The van der Waals surface area contributed by atoms with Crippen LogP contribution in [0, 0.1) is 0 Å². The van der Waals surface area contributed by atoms with Crippen LogP contribution in [-0.2, 0) is 0 Å². The zero-order chi connectivity index (χ0) is 14.6. The molecular weight excluding hydrogens is 323 g/mol.